The number of hydrogen-bond donors (Lipinski definition) is 2. The third-order valence-electron chi connectivity index (χ3n) is 4.89. The van der Waals surface area contributed by atoms with E-state index in [1.165, 1.54) is 7.11 Å². The fraction of sp³-hybridized carbons (Fsp3) is 0.800. The van der Waals surface area contributed by atoms with Crippen LogP contribution in [0.25, 0.3) is 0 Å². The maximum atomic E-state index is 13.1. The van der Waals surface area contributed by atoms with Gasteiger partial charge in [-0.25, -0.2) is 9.59 Å². The molecule has 0 radical (unpaired) electrons. The van der Waals surface area contributed by atoms with Crippen molar-refractivity contribution in [1.82, 2.24) is 15.3 Å². The molecule has 2 fully saturated rings. The zero-order valence-corrected chi connectivity index (χ0v) is 15.2. The number of nitrogens with one attached hydrogen (secondary N) is 2. The molecule has 1 heterocycles. The Hall–Kier alpha value is -1.36. The Morgan fingerprint density at radius 3 is 2.35 bits per heavy atom. The molecule has 0 aromatic carbocycles. The minimum atomic E-state index is -0.715. The number of carbonyl (C=O) groups excluding carboxylic acids is 3. The van der Waals surface area contributed by atoms with Gasteiger partial charge in [-0.05, 0) is 39.5 Å². The van der Waals surface area contributed by atoms with Gasteiger partial charge in [0, 0.05) is 6.54 Å². The van der Waals surface area contributed by atoms with Gasteiger partial charge in [0.1, 0.15) is 12.1 Å². The number of carbonyl (C=O) groups is 3. The van der Waals surface area contributed by atoms with Crippen LogP contribution in [-0.4, -0.2) is 48.5 Å². The highest BCUT2D eigenvalue weighted by Crippen LogP contribution is 2.45. The highest BCUT2D eigenvalue weighted by Gasteiger charge is 2.54. The van der Waals surface area contributed by atoms with Gasteiger partial charge < -0.3 is 20.0 Å². The van der Waals surface area contributed by atoms with E-state index in [9.17, 15) is 14.4 Å². The molecule has 23 heavy (non-hydrogen) atoms. The summed E-state index contributed by atoms with van der Waals surface area (Å²) in [6.45, 7) is 6.21. The molecule has 1 saturated heterocycles. The third-order valence-corrected chi connectivity index (χ3v) is 5.16. The minimum absolute atomic E-state index is 0.183. The highest BCUT2D eigenvalue weighted by molar-refractivity contribution is 7.15. The molecule has 5 atom stereocenters. The van der Waals surface area contributed by atoms with Gasteiger partial charge in [-0.3, -0.25) is 4.79 Å². The van der Waals surface area contributed by atoms with Crippen LogP contribution in [0.1, 0.15) is 33.6 Å². The molecule has 1 aliphatic heterocycles. The summed E-state index contributed by atoms with van der Waals surface area (Å²) in [6, 6.07) is -1.69. The number of ether oxygens (including phenoxy) is 1. The molecule has 1 aliphatic carbocycles. The molecular weight excluding hydrogens is 317 g/mol. The topological polar surface area (TPSA) is 87.7 Å². The predicted molar refractivity (Wildman–Crippen MR) is 88.4 cm³/mol. The van der Waals surface area contributed by atoms with Crippen molar-refractivity contribution in [2.45, 2.75) is 45.7 Å². The second kappa shape index (κ2) is 6.63. The lowest BCUT2D eigenvalue weighted by Gasteiger charge is -2.35. The third kappa shape index (κ3) is 3.44. The molecule has 130 valence electrons. The summed E-state index contributed by atoms with van der Waals surface area (Å²) in [5.74, 6) is -0.0496. The Morgan fingerprint density at radius 2 is 1.91 bits per heavy atom. The number of urea groups is 1. The van der Waals surface area contributed by atoms with Gasteiger partial charge in [0.05, 0.1) is 7.11 Å². The number of esters is 1. The molecular formula is C15H26N3O4P. The molecule has 0 bridgehead atoms. The first-order chi connectivity index (χ1) is 10.7. The average molecular weight is 343 g/mol. The lowest BCUT2D eigenvalue weighted by Crippen LogP contribution is -2.58. The summed E-state index contributed by atoms with van der Waals surface area (Å²) >= 11 is 0. The van der Waals surface area contributed by atoms with Crippen molar-refractivity contribution in [3.63, 3.8) is 0 Å². The van der Waals surface area contributed by atoms with Gasteiger partial charge in [0.2, 0.25) is 5.91 Å². The summed E-state index contributed by atoms with van der Waals surface area (Å²) in [7, 11) is 3.45. The first kappa shape index (κ1) is 18.0. The van der Waals surface area contributed by atoms with Crippen molar-refractivity contribution in [3.05, 3.63) is 0 Å². The number of hydrogen-bond acceptors (Lipinski definition) is 4. The molecule has 1 saturated carbocycles. The van der Waals surface area contributed by atoms with E-state index >= 15 is 0 Å². The summed E-state index contributed by atoms with van der Waals surface area (Å²) in [6.07, 6.45) is 1.97. The number of likely N-dealkylation sites (tertiary alicyclic amines) is 1. The number of fused-ring (bicyclic) bond motifs is 1. The van der Waals surface area contributed by atoms with E-state index in [2.05, 4.69) is 19.8 Å². The Labute approximate surface area is 139 Å². The van der Waals surface area contributed by atoms with Crippen molar-refractivity contribution in [3.8, 4) is 0 Å². The van der Waals surface area contributed by atoms with Crippen LogP contribution in [0.3, 0.4) is 0 Å². The van der Waals surface area contributed by atoms with E-state index in [1.807, 2.05) is 20.8 Å². The monoisotopic (exact) mass is 343 g/mol. The minimum Gasteiger partial charge on any atom is -0.467 e. The number of nitrogens with zero attached hydrogens (tertiary/aromatic N) is 1. The normalized spacial score (nSPS) is 27.5. The molecule has 0 aromatic rings. The van der Waals surface area contributed by atoms with Crippen LogP contribution in [0.2, 0.25) is 0 Å². The number of amides is 3. The van der Waals surface area contributed by atoms with Crippen LogP contribution in [-0.2, 0) is 14.3 Å². The molecule has 0 spiro atoms. The van der Waals surface area contributed by atoms with Gasteiger partial charge >= 0.3 is 12.0 Å². The summed E-state index contributed by atoms with van der Waals surface area (Å²) < 4.78 is 4.90. The molecule has 7 nitrogen and oxygen atoms in total. The molecule has 2 N–H and O–H groups in total. The molecule has 2 rings (SSSR count). The van der Waals surface area contributed by atoms with E-state index in [0.717, 1.165) is 12.8 Å². The largest absolute Gasteiger partial charge is 0.467 e. The van der Waals surface area contributed by atoms with E-state index in [1.54, 1.807) is 4.90 Å². The SMILES string of the molecule is COC(=O)[C@@H]1[C@H]2CC[C@H]2CN1C(=O)[C@@H](NC(=O)NP)C(C)(C)C. The van der Waals surface area contributed by atoms with Crippen molar-refractivity contribution in [2.75, 3.05) is 13.7 Å². The van der Waals surface area contributed by atoms with Crippen molar-refractivity contribution < 1.29 is 19.1 Å². The lowest BCUT2D eigenvalue weighted by molar-refractivity contribution is -0.154. The van der Waals surface area contributed by atoms with Crippen LogP contribution in [0, 0.1) is 17.3 Å². The standard InChI is InChI=1S/C15H26N3O4P/c1-15(2,3)11(16-14(21)17-23)12(19)18-7-8-5-6-9(8)10(18)13(20)22-4/h8-11H,5-7,23H2,1-4H3,(H2,16,17,21)/t8-,9-,10-,11+/m0/s1. The molecule has 2 aliphatic rings. The number of rotatable bonds is 3. The zero-order chi connectivity index (χ0) is 17.4. The second-order valence-electron chi connectivity index (χ2n) is 7.38. The fourth-order valence-corrected chi connectivity index (χ4v) is 3.55. The summed E-state index contributed by atoms with van der Waals surface area (Å²) in [5.41, 5.74) is -0.476. The van der Waals surface area contributed by atoms with Gasteiger partial charge in [0.25, 0.3) is 0 Å². The van der Waals surface area contributed by atoms with Crippen LogP contribution in [0.4, 0.5) is 4.79 Å². The lowest BCUT2D eigenvalue weighted by atomic mass is 9.73. The van der Waals surface area contributed by atoms with E-state index in [-0.39, 0.29) is 17.8 Å². The molecule has 0 aromatic heterocycles. The summed E-state index contributed by atoms with van der Waals surface area (Å²) in [4.78, 5) is 38.5. The van der Waals surface area contributed by atoms with Crippen molar-refractivity contribution in [1.29, 1.82) is 0 Å². The van der Waals surface area contributed by atoms with Gasteiger partial charge in [-0.2, -0.15) is 0 Å². The maximum absolute atomic E-state index is 13.1. The Bertz CT molecular complexity index is 505. The first-order valence-electron chi connectivity index (χ1n) is 7.86. The fourth-order valence-electron chi connectivity index (χ4n) is 3.47. The molecule has 1 unspecified atom stereocenters. The van der Waals surface area contributed by atoms with Crippen LogP contribution < -0.4 is 10.4 Å². The first-order valence-corrected chi connectivity index (χ1v) is 8.43. The Kier molecular flexibility index (Phi) is 5.19. The smallest absolute Gasteiger partial charge is 0.328 e. The summed E-state index contributed by atoms with van der Waals surface area (Å²) in [5, 5.41) is 5.09. The zero-order valence-electron chi connectivity index (χ0n) is 14.1. The molecule has 3 amide bonds. The Balaban J connectivity index is 2.23. The van der Waals surface area contributed by atoms with Gasteiger partial charge in [-0.15, -0.1) is 0 Å². The van der Waals surface area contributed by atoms with E-state index in [4.69, 9.17) is 4.74 Å². The van der Waals surface area contributed by atoms with Crippen molar-refractivity contribution >= 4 is 27.3 Å². The van der Waals surface area contributed by atoms with Gasteiger partial charge in [0.15, 0.2) is 0 Å². The molecule has 8 heteroatoms. The number of methoxy groups -OCH3 is 1. The highest BCUT2D eigenvalue weighted by atomic mass is 31.0. The van der Waals surface area contributed by atoms with E-state index in [0.29, 0.717) is 12.5 Å². The maximum Gasteiger partial charge on any atom is 0.328 e. The van der Waals surface area contributed by atoms with Crippen LogP contribution in [0.15, 0.2) is 0 Å². The van der Waals surface area contributed by atoms with Crippen LogP contribution >= 0.6 is 9.39 Å². The second-order valence-corrected chi connectivity index (χ2v) is 7.67. The van der Waals surface area contributed by atoms with E-state index < -0.39 is 23.5 Å². The van der Waals surface area contributed by atoms with Gasteiger partial charge in [-0.1, -0.05) is 20.8 Å². The average Bonchev–Trinajstić information content (AvgIpc) is 2.73. The predicted octanol–water partition coefficient (Wildman–Crippen LogP) is 0.900. The van der Waals surface area contributed by atoms with Crippen LogP contribution in [0.5, 0.6) is 0 Å². The Morgan fingerprint density at radius 1 is 1.26 bits per heavy atom. The quantitative estimate of drug-likeness (QED) is 0.589. The van der Waals surface area contributed by atoms with Crippen molar-refractivity contribution in [2.24, 2.45) is 17.3 Å².